The minimum absolute atomic E-state index is 0.249. The number of carbonyl (C=O) groups excluding carboxylic acids is 1. The molecular formula is C17H18ClFN2O2S. The predicted octanol–water partition coefficient (Wildman–Crippen LogP) is 4.17. The van der Waals surface area contributed by atoms with Crippen LogP contribution in [0.1, 0.15) is 31.9 Å². The molecule has 4 nitrogen and oxygen atoms in total. The number of rotatable bonds is 3. The van der Waals surface area contributed by atoms with E-state index in [1.165, 1.54) is 6.07 Å². The highest BCUT2D eigenvalue weighted by Gasteiger charge is 2.40. The van der Waals surface area contributed by atoms with E-state index in [9.17, 15) is 9.18 Å². The number of esters is 1. The predicted molar refractivity (Wildman–Crippen MR) is 94.7 cm³/mol. The van der Waals surface area contributed by atoms with Crippen molar-refractivity contribution in [1.29, 1.82) is 0 Å². The molecule has 0 bridgehead atoms. The van der Waals surface area contributed by atoms with Gasteiger partial charge in [-0.1, -0.05) is 29.4 Å². The standard InChI is InChI=1S/C17H18ClFN2O2S/c1-3-23-16(22)13-10(2)20-17-21(8-5-9-24-17)15(13)14-11(18)6-4-7-12(14)19/h4,6-7,15H,3,5,8-9H2,1-2H3. The van der Waals surface area contributed by atoms with Crippen LogP contribution >= 0.6 is 23.4 Å². The molecule has 0 amide bonds. The van der Waals surface area contributed by atoms with Crippen LogP contribution in [0.15, 0.2) is 34.5 Å². The summed E-state index contributed by atoms with van der Waals surface area (Å²) in [5.74, 6) is 0.0475. The maximum absolute atomic E-state index is 14.6. The molecule has 1 aromatic carbocycles. The molecular weight excluding hydrogens is 351 g/mol. The van der Waals surface area contributed by atoms with Crippen molar-refractivity contribution in [2.75, 3.05) is 18.9 Å². The summed E-state index contributed by atoms with van der Waals surface area (Å²) in [6.07, 6.45) is 0.932. The van der Waals surface area contributed by atoms with E-state index in [-0.39, 0.29) is 6.61 Å². The summed E-state index contributed by atoms with van der Waals surface area (Å²) in [7, 11) is 0. The monoisotopic (exact) mass is 368 g/mol. The zero-order valence-corrected chi connectivity index (χ0v) is 15.1. The van der Waals surface area contributed by atoms with Crippen LogP contribution in [0.25, 0.3) is 0 Å². The van der Waals surface area contributed by atoms with Gasteiger partial charge in [0.15, 0.2) is 5.17 Å². The normalized spacial score (nSPS) is 20.6. The second-order valence-electron chi connectivity index (χ2n) is 5.55. The summed E-state index contributed by atoms with van der Waals surface area (Å²) in [5, 5.41) is 1.10. The molecule has 1 saturated heterocycles. The third kappa shape index (κ3) is 3.05. The Morgan fingerprint density at radius 2 is 2.33 bits per heavy atom. The Morgan fingerprint density at radius 3 is 3.04 bits per heavy atom. The van der Waals surface area contributed by atoms with Crippen LogP contribution in [0.5, 0.6) is 0 Å². The minimum Gasteiger partial charge on any atom is -0.463 e. The zero-order valence-electron chi connectivity index (χ0n) is 13.5. The molecule has 0 radical (unpaired) electrons. The molecule has 1 unspecified atom stereocenters. The van der Waals surface area contributed by atoms with E-state index in [1.807, 2.05) is 4.90 Å². The van der Waals surface area contributed by atoms with Crippen molar-refractivity contribution in [2.24, 2.45) is 4.99 Å². The van der Waals surface area contributed by atoms with Crippen molar-refractivity contribution >= 4 is 34.5 Å². The van der Waals surface area contributed by atoms with E-state index in [0.717, 1.165) is 17.3 Å². The lowest BCUT2D eigenvalue weighted by atomic mass is 9.93. The van der Waals surface area contributed by atoms with Gasteiger partial charge in [0.1, 0.15) is 5.82 Å². The van der Waals surface area contributed by atoms with E-state index in [4.69, 9.17) is 16.3 Å². The molecule has 0 aliphatic carbocycles. The SMILES string of the molecule is CCOC(=O)C1=C(C)N=C2SCCCN2C1c1c(F)cccc1Cl. The van der Waals surface area contributed by atoms with Gasteiger partial charge in [0.2, 0.25) is 0 Å². The third-order valence-corrected chi connectivity index (χ3v) is 5.43. The number of hydrogen-bond donors (Lipinski definition) is 0. The zero-order chi connectivity index (χ0) is 17.3. The Hall–Kier alpha value is -1.53. The molecule has 0 aromatic heterocycles. The minimum atomic E-state index is -0.613. The average Bonchev–Trinajstić information content (AvgIpc) is 2.54. The third-order valence-electron chi connectivity index (χ3n) is 4.03. The van der Waals surface area contributed by atoms with Crippen LogP contribution in [-0.2, 0) is 9.53 Å². The van der Waals surface area contributed by atoms with Crippen LogP contribution in [0.3, 0.4) is 0 Å². The number of fused-ring (bicyclic) bond motifs is 1. The smallest absolute Gasteiger partial charge is 0.338 e. The fraction of sp³-hybridized carbons (Fsp3) is 0.412. The summed E-state index contributed by atoms with van der Waals surface area (Å²) < 4.78 is 19.8. The van der Waals surface area contributed by atoms with E-state index in [1.54, 1.807) is 37.7 Å². The van der Waals surface area contributed by atoms with Crippen LogP contribution in [0.4, 0.5) is 4.39 Å². The van der Waals surface area contributed by atoms with Crippen molar-refractivity contribution in [3.05, 3.63) is 45.9 Å². The lowest BCUT2D eigenvalue weighted by molar-refractivity contribution is -0.139. The summed E-state index contributed by atoms with van der Waals surface area (Å²) in [6.45, 7) is 4.44. The maximum atomic E-state index is 14.6. The summed E-state index contributed by atoms with van der Waals surface area (Å²) in [5.41, 5.74) is 1.21. The molecule has 2 heterocycles. The molecule has 0 N–H and O–H groups in total. The first-order valence-electron chi connectivity index (χ1n) is 7.84. The number of aliphatic imine (C=N–C) groups is 1. The van der Waals surface area contributed by atoms with Gasteiger partial charge in [0, 0.05) is 22.9 Å². The number of amidine groups is 1. The summed E-state index contributed by atoms with van der Waals surface area (Å²) >= 11 is 7.91. The number of carbonyl (C=O) groups is 1. The Kier molecular flexibility index (Phi) is 5.15. The van der Waals surface area contributed by atoms with Gasteiger partial charge in [-0.15, -0.1) is 0 Å². The highest BCUT2D eigenvalue weighted by molar-refractivity contribution is 8.13. The molecule has 1 fully saturated rings. The van der Waals surface area contributed by atoms with Crippen LogP contribution < -0.4 is 0 Å². The van der Waals surface area contributed by atoms with E-state index < -0.39 is 17.8 Å². The Labute approximate surface area is 149 Å². The highest BCUT2D eigenvalue weighted by atomic mass is 35.5. The fourth-order valence-electron chi connectivity index (χ4n) is 3.01. The molecule has 7 heteroatoms. The van der Waals surface area contributed by atoms with Gasteiger partial charge >= 0.3 is 5.97 Å². The fourth-order valence-corrected chi connectivity index (χ4v) is 4.30. The Morgan fingerprint density at radius 1 is 1.54 bits per heavy atom. The lowest BCUT2D eigenvalue weighted by Gasteiger charge is -2.40. The Balaban J connectivity index is 2.18. The first-order valence-corrected chi connectivity index (χ1v) is 9.20. The van der Waals surface area contributed by atoms with Gasteiger partial charge in [-0.3, -0.25) is 0 Å². The van der Waals surface area contributed by atoms with Crippen LogP contribution in [0.2, 0.25) is 5.02 Å². The molecule has 0 spiro atoms. The van der Waals surface area contributed by atoms with Gasteiger partial charge in [-0.25, -0.2) is 14.2 Å². The number of thioether (sulfide) groups is 1. The topological polar surface area (TPSA) is 41.9 Å². The largest absolute Gasteiger partial charge is 0.463 e. The van der Waals surface area contributed by atoms with Gasteiger partial charge in [0.05, 0.1) is 23.9 Å². The summed E-state index contributed by atoms with van der Waals surface area (Å²) in [6, 6.07) is 3.95. The van der Waals surface area contributed by atoms with Crippen molar-refractivity contribution < 1.29 is 13.9 Å². The number of halogens is 2. The summed E-state index contributed by atoms with van der Waals surface area (Å²) in [4.78, 5) is 19.0. The Bertz CT molecular complexity index is 715. The van der Waals surface area contributed by atoms with Gasteiger partial charge in [-0.2, -0.15) is 0 Å². The molecule has 2 aliphatic rings. The van der Waals surface area contributed by atoms with Crippen molar-refractivity contribution in [1.82, 2.24) is 4.90 Å². The van der Waals surface area contributed by atoms with Gasteiger partial charge < -0.3 is 9.64 Å². The molecule has 24 heavy (non-hydrogen) atoms. The molecule has 1 atom stereocenters. The van der Waals surface area contributed by atoms with Crippen LogP contribution in [-0.4, -0.2) is 34.9 Å². The molecule has 3 rings (SSSR count). The number of nitrogens with zero attached hydrogens (tertiary/aromatic N) is 2. The highest BCUT2D eigenvalue weighted by Crippen LogP contribution is 2.42. The second kappa shape index (κ2) is 7.15. The van der Waals surface area contributed by atoms with E-state index in [2.05, 4.69) is 4.99 Å². The quantitative estimate of drug-likeness (QED) is 0.751. The number of hydrogen-bond acceptors (Lipinski definition) is 5. The maximum Gasteiger partial charge on any atom is 0.338 e. The van der Waals surface area contributed by atoms with Gasteiger partial charge in [-0.05, 0) is 32.4 Å². The van der Waals surface area contributed by atoms with Crippen molar-refractivity contribution in [3.8, 4) is 0 Å². The van der Waals surface area contributed by atoms with E-state index in [0.29, 0.717) is 28.4 Å². The van der Waals surface area contributed by atoms with Gasteiger partial charge in [0.25, 0.3) is 0 Å². The molecule has 1 aromatic rings. The second-order valence-corrected chi connectivity index (χ2v) is 7.02. The van der Waals surface area contributed by atoms with Crippen LogP contribution in [0, 0.1) is 5.82 Å². The molecule has 0 saturated carbocycles. The molecule has 2 aliphatic heterocycles. The van der Waals surface area contributed by atoms with Crippen molar-refractivity contribution in [2.45, 2.75) is 26.3 Å². The lowest BCUT2D eigenvalue weighted by Crippen LogP contribution is -2.42. The van der Waals surface area contributed by atoms with E-state index >= 15 is 0 Å². The first kappa shape index (κ1) is 17.3. The number of benzene rings is 1. The first-order chi connectivity index (χ1) is 11.5. The molecule has 128 valence electrons. The average molecular weight is 369 g/mol. The number of ether oxygens (including phenoxy) is 1. The van der Waals surface area contributed by atoms with Crippen molar-refractivity contribution in [3.63, 3.8) is 0 Å². The number of allylic oxidation sites excluding steroid dienone is 1.